The Balaban J connectivity index is 1.37. The molecule has 37 heavy (non-hydrogen) atoms. The van der Waals surface area contributed by atoms with E-state index in [1.54, 1.807) is 0 Å². The summed E-state index contributed by atoms with van der Waals surface area (Å²) in [6.07, 6.45) is 6.00. The Morgan fingerprint density at radius 1 is 0.865 bits per heavy atom. The highest BCUT2D eigenvalue weighted by molar-refractivity contribution is 7.19. The van der Waals surface area contributed by atoms with Gasteiger partial charge in [0.15, 0.2) is 11.6 Å². The number of aromatic amines is 1. The minimum absolute atomic E-state index is 0.265. The first-order chi connectivity index (χ1) is 18.3. The average Bonchev–Trinajstić information content (AvgIpc) is 3.61. The predicted octanol–water partition coefficient (Wildman–Crippen LogP) is 3.89. The van der Waals surface area contributed by atoms with Gasteiger partial charge < -0.3 is 14.4 Å². The number of rotatable bonds is 5. The molecule has 7 rings (SSSR count). The van der Waals surface area contributed by atoms with Gasteiger partial charge in [-0.25, -0.2) is 9.97 Å². The Hall–Kier alpha value is -2.63. The fraction of sp³-hybridized carbons (Fsp3) is 0.519. The molecule has 3 fully saturated rings. The fourth-order valence-corrected chi connectivity index (χ4v) is 7.19. The molecule has 0 bridgehead atoms. The number of thiophene rings is 1. The molecular formula is C27H33N7O2S. The average molecular weight is 520 g/mol. The number of ether oxygens (including phenoxy) is 2. The maximum absolute atomic E-state index is 5.72. The van der Waals surface area contributed by atoms with Gasteiger partial charge in [-0.1, -0.05) is 18.6 Å². The maximum Gasteiger partial charge on any atom is 0.162 e. The minimum Gasteiger partial charge on any atom is -0.379 e. The Morgan fingerprint density at radius 2 is 1.62 bits per heavy atom. The van der Waals surface area contributed by atoms with Crippen LogP contribution < -0.4 is 4.90 Å². The lowest BCUT2D eigenvalue weighted by Crippen LogP contribution is -2.47. The van der Waals surface area contributed by atoms with Gasteiger partial charge in [0.05, 0.1) is 54.5 Å². The quantitative estimate of drug-likeness (QED) is 0.425. The van der Waals surface area contributed by atoms with Crippen LogP contribution in [-0.4, -0.2) is 95.7 Å². The van der Waals surface area contributed by atoms with Crippen molar-refractivity contribution in [2.45, 2.75) is 25.4 Å². The zero-order chi connectivity index (χ0) is 24.6. The van der Waals surface area contributed by atoms with Crippen LogP contribution in [0.1, 0.15) is 30.3 Å². The number of hydrogen-bond donors (Lipinski definition) is 1. The number of nitrogens with zero attached hydrogens (tertiary/aromatic N) is 6. The van der Waals surface area contributed by atoms with Crippen LogP contribution in [0.2, 0.25) is 0 Å². The molecular weight excluding hydrogens is 486 g/mol. The van der Waals surface area contributed by atoms with E-state index in [9.17, 15) is 0 Å². The maximum atomic E-state index is 5.72. The van der Waals surface area contributed by atoms with Gasteiger partial charge in [-0.05, 0) is 38.1 Å². The molecule has 0 radical (unpaired) electrons. The van der Waals surface area contributed by atoms with E-state index in [2.05, 4.69) is 37.0 Å². The molecule has 1 aromatic carbocycles. The van der Waals surface area contributed by atoms with Crippen LogP contribution in [0.25, 0.3) is 32.5 Å². The molecule has 1 atom stereocenters. The van der Waals surface area contributed by atoms with Crippen LogP contribution in [0.3, 0.4) is 0 Å². The van der Waals surface area contributed by atoms with Gasteiger partial charge in [0, 0.05) is 42.0 Å². The van der Waals surface area contributed by atoms with Crippen LogP contribution in [0, 0.1) is 0 Å². The normalized spacial score (nSPS) is 21.1. The van der Waals surface area contributed by atoms with E-state index in [0.29, 0.717) is 0 Å². The smallest absolute Gasteiger partial charge is 0.162 e. The molecule has 194 valence electrons. The highest BCUT2D eigenvalue weighted by atomic mass is 32.1. The van der Waals surface area contributed by atoms with Crippen molar-refractivity contribution in [2.75, 3.05) is 70.6 Å². The molecule has 3 saturated heterocycles. The lowest BCUT2D eigenvalue weighted by Gasteiger charge is -2.42. The van der Waals surface area contributed by atoms with Gasteiger partial charge >= 0.3 is 0 Å². The highest BCUT2D eigenvalue weighted by Gasteiger charge is 2.32. The van der Waals surface area contributed by atoms with Crippen molar-refractivity contribution in [3.63, 3.8) is 0 Å². The first-order valence-corrected chi connectivity index (χ1v) is 14.3. The summed E-state index contributed by atoms with van der Waals surface area (Å²) in [4.78, 5) is 19.4. The molecule has 3 aliphatic heterocycles. The van der Waals surface area contributed by atoms with E-state index >= 15 is 0 Å². The van der Waals surface area contributed by atoms with E-state index in [1.165, 1.54) is 28.8 Å². The van der Waals surface area contributed by atoms with Crippen LogP contribution in [-0.2, 0) is 9.47 Å². The molecule has 0 aliphatic carbocycles. The molecule has 6 heterocycles. The third-order valence-electron chi connectivity index (χ3n) is 7.79. The first-order valence-electron chi connectivity index (χ1n) is 13.5. The molecule has 0 amide bonds. The van der Waals surface area contributed by atoms with E-state index in [0.717, 1.165) is 99.3 Å². The molecule has 3 aromatic heterocycles. The van der Waals surface area contributed by atoms with Gasteiger partial charge in [0.25, 0.3) is 0 Å². The van der Waals surface area contributed by atoms with Crippen molar-refractivity contribution < 1.29 is 9.47 Å². The summed E-state index contributed by atoms with van der Waals surface area (Å²) in [7, 11) is 0. The number of piperidine rings is 1. The van der Waals surface area contributed by atoms with E-state index < -0.39 is 0 Å². The summed E-state index contributed by atoms with van der Waals surface area (Å²) >= 11 is 1.87. The number of H-pyrrole nitrogens is 1. The second kappa shape index (κ2) is 10.3. The van der Waals surface area contributed by atoms with E-state index in [1.807, 2.05) is 29.7 Å². The number of anilines is 1. The largest absolute Gasteiger partial charge is 0.379 e. The lowest BCUT2D eigenvalue weighted by atomic mass is 10.1. The second-order valence-corrected chi connectivity index (χ2v) is 11.2. The van der Waals surface area contributed by atoms with Crippen molar-refractivity contribution in [2.24, 2.45) is 0 Å². The van der Waals surface area contributed by atoms with Gasteiger partial charge in [-0.2, -0.15) is 5.10 Å². The van der Waals surface area contributed by atoms with E-state index in [-0.39, 0.29) is 6.17 Å². The Labute approximate surface area is 220 Å². The van der Waals surface area contributed by atoms with Crippen molar-refractivity contribution >= 4 is 38.3 Å². The second-order valence-electron chi connectivity index (χ2n) is 10.1. The van der Waals surface area contributed by atoms with Crippen LogP contribution in [0.5, 0.6) is 0 Å². The van der Waals surface area contributed by atoms with Crippen LogP contribution >= 0.6 is 11.3 Å². The molecule has 0 spiro atoms. The number of aromatic nitrogens is 4. The summed E-state index contributed by atoms with van der Waals surface area (Å²) in [5.74, 6) is 1.78. The molecule has 9 nitrogen and oxygen atoms in total. The van der Waals surface area contributed by atoms with Crippen LogP contribution in [0.15, 0.2) is 30.5 Å². The summed E-state index contributed by atoms with van der Waals surface area (Å²) in [5.41, 5.74) is 3.04. The Bertz CT molecular complexity index is 1350. The lowest BCUT2D eigenvalue weighted by molar-refractivity contribution is -0.0390. The summed E-state index contributed by atoms with van der Waals surface area (Å²) in [6, 6.07) is 8.52. The molecule has 1 N–H and O–H groups in total. The number of likely N-dealkylation sites (tertiary alicyclic amines) is 1. The third kappa shape index (κ3) is 4.51. The molecule has 4 aromatic rings. The SMILES string of the molecule is c1cc(-c2nc(N3CCOCC3)c3sc(C(N4CCCCC4)N4CCOCC4)cc3n2)c2cn[nH]c2c1. The summed E-state index contributed by atoms with van der Waals surface area (Å²) < 4.78 is 12.6. The number of benzene rings is 1. The van der Waals surface area contributed by atoms with Crippen LogP contribution in [0.4, 0.5) is 5.82 Å². The number of morpholine rings is 2. The van der Waals surface area contributed by atoms with Crippen molar-refractivity contribution in [3.05, 3.63) is 35.3 Å². The molecule has 3 aliphatic rings. The van der Waals surface area contributed by atoms with Crippen molar-refractivity contribution in [3.8, 4) is 11.4 Å². The zero-order valence-corrected chi connectivity index (χ0v) is 21.9. The van der Waals surface area contributed by atoms with Gasteiger partial charge in [0.2, 0.25) is 0 Å². The summed E-state index contributed by atoms with van der Waals surface area (Å²) in [6.45, 7) is 8.94. The molecule has 10 heteroatoms. The van der Waals surface area contributed by atoms with Gasteiger partial charge in [0.1, 0.15) is 0 Å². The fourth-order valence-electron chi connectivity index (χ4n) is 5.91. The Morgan fingerprint density at radius 3 is 2.43 bits per heavy atom. The third-order valence-corrected chi connectivity index (χ3v) is 8.95. The number of nitrogens with one attached hydrogen (secondary N) is 1. The first kappa shape index (κ1) is 23.5. The highest BCUT2D eigenvalue weighted by Crippen LogP contribution is 2.40. The molecule has 0 saturated carbocycles. The molecule has 1 unspecified atom stereocenters. The van der Waals surface area contributed by atoms with Gasteiger partial charge in [-0.15, -0.1) is 11.3 Å². The number of hydrogen-bond acceptors (Lipinski definition) is 9. The summed E-state index contributed by atoms with van der Waals surface area (Å²) in [5, 5.41) is 8.40. The van der Waals surface area contributed by atoms with Gasteiger partial charge in [-0.3, -0.25) is 14.9 Å². The minimum atomic E-state index is 0.265. The van der Waals surface area contributed by atoms with Crippen molar-refractivity contribution in [1.29, 1.82) is 0 Å². The zero-order valence-electron chi connectivity index (χ0n) is 21.1. The van der Waals surface area contributed by atoms with E-state index in [4.69, 9.17) is 19.4 Å². The Kier molecular flexibility index (Phi) is 6.51. The number of fused-ring (bicyclic) bond motifs is 2. The predicted molar refractivity (Wildman–Crippen MR) is 146 cm³/mol. The van der Waals surface area contributed by atoms with Crippen molar-refractivity contribution in [1.82, 2.24) is 30.0 Å². The monoisotopic (exact) mass is 519 g/mol. The topological polar surface area (TPSA) is 82.6 Å². The standard InChI is InChI=1S/C27H33N7O2S/c1-2-7-33(8-3-1)27(34-11-15-36-16-12-34)23-17-22-24(37-23)26(32-9-13-35-14-10-32)30-25(29-22)19-5-4-6-21-20(19)18-28-31-21/h4-6,17-18,27H,1-3,7-16H2,(H,28,31).